The maximum Gasteiger partial charge on any atom is 0.264 e. The van der Waals surface area contributed by atoms with Crippen molar-refractivity contribution < 1.29 is 13.5 Å². The summed E-state index contributed by atoms with van der Waals surface area (Å²) in [5, 5.41) is 3.28. The van der Waals surface area contributed by atoms with Crippen LogP contribution in [0, 0.1) is 0 Å². The Hall–Kier alpha value is -2.46. The molecule has 2 aliphatic rings. The second kappa shape index (κ2) is 8.05. The van der Waals surface area contributed by atoms with Gasteiger partial charge in [0.05, 0.1) is 13.2 Å². The number of aromatic nitrogens is 4. The van der Waals surface area contributed by atoms with Crippen LogP contribution < -0.4 is 15.1 Å². The van der Waals surface area contributed by atoms with E-state index in [-0.39, 0.29) is 17.0 Å². The third kappa shape index (κ3) is 3.96. The molecule has 2 aliphatic heterocycles. The van der Waals surface area contributed by atoms with E-state index in [9.17, 15) is 8.78 Å². The van der Waals surface area contributed by atoms with Crippen molar-refractivity contribution in [2.45, 2.75) is 6.43 Å². The lowest BCUT2D eigenvalue weighted by Gasteiger charge is -2.30. The molecule has 10 heteroatoms. The van der Waals surface area contributed by atoms with E-state index < -0.39 is 6.43 Å². The summed E-state index contributed by atoms with van der Waals surface area (Å²) < 4.78 is 32.4. The summed E-state index contributed by atoms with van der Waals surface area (Å²) >= 11 is 0. The van der Waals surface area contributed by atoms with Crippen LogP contribution in [0.5, 0.6) is 0 Å². The number of hydrogen-bond acceptors (Lipinski definition) is 8. The Balaban J connectivity index is 1.78. The van der Waals surface area contributed by atoms with Crippen molar-refractivity contribution in [2.75, 3.05) is 62.3 Å². The van der Waals surface area contributed by atoms with E-state index in [1.165, 1.54) is 18.5 Å². The number of anilines is 2. The summed E-state index contributed by atoms with van der Waals surface area (Å²) in [5.41, 5.74) is 0.108. The zero-order valence-electron chi connectivity index (χ0n) is 14.8. The molecule has 0 saturated carbocycles. The summed E-state index contributed by atoms with van der Waals surface area (Å²) in [6.07, 6.45) is 0.113. The third-order valence-electron chi connectivity index (χ3n) is 4.64. The smallest absolute Gasteiger partial charge is 0.264 e. The van der Waals surface area contributed by atoms with Crippen molar-refractivity contribution in [1.82, 2.24) is 25.3 Å². The second-order valence-corrected chi connectivity index (χ2v) is 6.36. The van der Waals surface area contributed by atoms with E-state index in [1.54, 1.807) is 0 Å². The highest BCUT2D eigenvalue weighted by Gasteiger charge is 2.23. The highest BCUT2D eigenvalue weighted by atomic mass is 19.3. The minimum atomic E-state index is -2.63. The molecule has 0 aromatic carbocycles. The van der Waals surface area contributed by atoms with Gasteiger partial charge in [-0.15, -0.1) is 0 Å². The van der Waals surface area contributed by atoms with Gasteiger partial charge in [-0.3, -0.25) is 4.98 Å². The second-order valence-electron chi connectivity index (χ2n) is 6.36. The van der Waals surface area contributed by atoms with Gasteiger partial charge in [-0.05, 0) is 6.07 Å². The lowest BCUT2D eigenvalue weighted by atomic mass is 10.1. The first-order valence-corrected chi connectivity index (χ1v) is 8.99. The molecule has 2 saturated heterocycles. The average molecular weight is 377 g/mol. The fourth-order valence-electron chi connectivity index (χ4n) is 3.17. The molecule has 4 heterocycles. The van der Waals surface area contributed by atoms with Gasteiger partial charge < -0.3 is 19.9 Å². The zero-order chi connectivity index (χ0) is 18.6. The van der Waals surface area contributed by atoms with E-state index in [0.717, 1.165) is 26.2 Å². The summed E-state index contributed by atoms with van der Waals surface area (Å²) in [7, 11) is 0. The van der Waals surface area contributed by atoms with Gasteiger partial charge in [0.1, 0.15) is 0 Å². The number of morpholine rings is 1. The lowest BCUT2D eigenvalue weighted by Crippen LogP contribution is -2.44. The van der Waals surface area contributed by atoms with Crippen LogP contribution in [0.2, 0.25) is 0 Å². The third-order valence-corrected chi connectivity index (χ3v) is 4.64. The van der Waals surface area contributed by atoms with E-state index in [1.807, 2.05) is 9.80 Å². The summed E-state index contributed by atoms with van der Waals surface area (Å²) in [4.78, 5) is 21.7. The molecule has 2 fully saturated rings. The Bertz CT molecular complexity index is 743. The Morgan fingerprint density at radius 1 is 0.963 bits per heavy atom. The number of piperazine rings is 1. The summed E-state index contributed by atoms with van der Waals surface area (Å²) in [5.74, 6) is 1.22. The number of halogens is 2. The van der Waals surface area contributed by atoms with Crippen LogP contribution in [0.25, 0.3) is 11.4 Å². The average Bonchev–Trinajstić information content (AvgIpc) is 2.74. The normalized spacial score (nSPS) is 18.2. The quantitative estimate of drug-likeness (QED) is 0.849. The maximum absolute atomic E-state index is 13.5. The molecular formula is C17H21F2N7O. The van der Waals surface area contributed by atoms with Crippen LogP contribution in [-0.2, 0) is 4.74 Å². The van der Waals surface area contributed by atoms with E-state index in [4.69, 9.17) is 4.74 Å². The molecule has 0 spiro atoms. The van der Waals surface area contributed by atoms with E-state index >= 15 is 0 Å². The SMILES string of the molecule is FC(F)c1ccncc1-c1nc(N2CCNCC2)nc(N2CCOCC2)n1. The van der Waals surface area contributed by atoms with Crippen molar-refractivity contribution in [3.8, 4) is 11.4 Å². The first kappa shape index (κ1) is 17.9. The first-order valence-electron chi connectivity index (χ1n) is 8.99. The number of hydrogen-bond donors (Lipinski definition) is 1. The number of rotatable bonds is 4. The summed E-state index contributed by atoms with van der Waals surface area (Å²) in [6, 6.07) is 1.31. The Labute approximate surface area is 155 Å². The van der Waals surface area contributed by atoms with E-state index in [2.05, 4.69) is 25.3 Å². The molecule has 0 amide bonds. The predicted octanol–water partition coefficient (Wildman–Crippen LogP) is 1.12. The molecule has 0 aliphatic carbocycles. The van der Waals surface area contributed by atoms with Gasteiger partial charge >= 0.3 is 0 Å². The van der Waals surface area contributed by atoms with Gasteiger partial charge in [-0.25, -0.2) is 8.78 Å². The Morgan fingerprint density at radius 3 is 2.30 bits per heavy atom. The molecule has 0 radical (unpaired) electrons. The van der Waals surface area contributed by atoms with Crippen molar-refractivity contribution >= 4 is 11.9 Å². The fourth-order valence-corrected chi connectivity index (χ4v) is 3.17. The molecular weight excluding hydrogens is 356 g/mol. The van der Waals surface area contributed by atoms with Crippen molar-refractivity contribution in [2.24, 2.45) is 0 Å². The predicted molar refractivity (Wildman–Crippen MR) is 96.1 cm³/mol. The van der Waals surface area contributed by atoms with Crippen LogP contribution in [0.15, 0.2) is 18.5 Å². The van der Waals surface area contributed by atoms with Crippen LogP contribution in [0.1, 0.15) is 12.0 Å². The van der Waals surface area contributed by atoms with Crippen molar-refractivity contribution in [3.05, 3.63) is 24.0 Å². The van der Waals surface area contributed by atoms with Crippen molar-refractivity contribution in [1.29, 1.82) is 0 Å². The largest absolute Gasteiger partial charge is 0.378 e. The van der Waals surface area contributed by atoms with Crippen LogP contribution in [0.3, 0.4) is 0 Å². The van der Waals surface area contributed by atoms with Crippen molar-refractivity contribution in [3.63, 3.8) is 0 Å². The van der Waals surface area contributed by atoms with Gasteiger partial charge in [0, 0.05) is 62.8 Å². The molecule has 0 atom stereocenters. The van der Waals surface area contributed by atoms with E-state index in [0.29, 0.717) is 38.2 Å². The standard InChI is InChI=1S/C17H21F2N7O/c18-14(19)12-1-2-21-11-13(12)15-22-16(25-5-3-20-4-6-25)24-17(23-15)26-7-9-27-10-8-26/h1-2,11,14,20H,3-10H2. The van der Waals surface area contributed by atoms with Gasteiger partial charge in [0.25, 0.3) is 6.43 Å². The molecule has 27 heavy (non-hydrogen) atoms. The van der Waals surface area contributed by atoms with Gasteiger partial charge in [0.2, 0.25) is 11.9 Å². The molecule has 0 bridgehead atoms. The topological polar surface area (TPSA) is 79.3 Å². The molecule has 8 nitrogen and oxygen atoms in total. The highest BCUT2D eigenvalue weighted by Crippen LogP contribution is 2.30. The number of ether oxygens (including phenoxy) is 1. The Kier molecular flexibility index (Phi) is 5.35. The van der Waals surface area contributed by atoms with Gasteiger partial charge in [-0.2, -0.15) is 15.0 Å². The molecule has 144 valence electrons. The molecule has 2 aromatic heterocycles. The van der Waals surface area contributed by atoms with Gasteiger partial charge in [-0.1, -0.05) is 0 Å². The highest BCUT2D eigenvalue weighted by molar-refractivity contribution is 5.62. The fraction of sp³-hybridized carbons (Fsp3) is 0.529. The minimum absolute atomic E-state index is 0.129. The molecule has 0 unspecified atom stereocenters. The minimum Gasteiger partial charge on any atom is -0.378 e. The zero-order valence-corrected chi connectivity index (χ0v) is 14.8. The molecule has 1 N–H and O–H groups in total. The summed E-state index contributed by atoms with van der Waals surface area (Å²) in [6.45, 7) is 5.62. The number of nitrogens with one attached hydrogen (secondary N) is 1. The van der Waals surface area contributed by atoms with Crippen LogP contribution >= 0.6 is 0 Å². The number of alkyl halides is 2. The Morgan fingerprint density at radius 2 is 1.63 bits per heavy atom. The number of pyridine rings is 1. The van der Waals surface area contributed by atoms with Crippen LogP contribution in [0.4, 0.5) is 20.7 Å². The van der Waals surface area contributed by atoms with Gasteiger partial charge in [0.15, 0.2) is 5.82 Å². The first-order chi connectivity index (χ1) is 13.2. The molecule has 4 rings (SSSR count). The lowest BCUT2D eigenvalue weighted by molar-refractivity contribution is 0.122. The monoisotopic (exact) mass is 377 g/mol. The number of nitrogens with zero attached hydrogens (tertiary/aromatic N) is 6. The van der Waals surface area contributed by atoms with Crippen LogP contribution in [-0.4, -0.2) is 72.4 Å². The molecule has 2 aromatic rings. The maximum atomic E-state index is 13.5.